The van der Waals surface area contributed by atoms with Crippen molar-refractivity contribution in [3.63, 3.8) is 0 Å². The number of allylic oxidation sites excluding steroid dienone is 3. The zero-order chi connectivity index (χ0) is 31.7. The summed E-state index contributed by atoms with van der Waals surface area (Å²) in [5, 5.41) is 26.8. The van der Waals surface area contributed by atoms with Gasteiger partial charge in [-0.05, 0) is 85.4 Å². The molecule has 1 heterocycles. The van der Waals surface area contributed by atoms with Gasteiger partial charge in [0.15, 0.2) is 0 Å². The Morgan fingerprint density at radius 3 is 2.59 bits per heavy atom. The Bertz CT molecular complexity index is 1520. The molecule has 0 aromatic heterocycles. The van der Waals surface area contributed by atoms with Crippen molar-refractivity contribution < 1.29 is 14.2 Å². The van der Waals surface area contributed by atoms with Gasteiger partial charge in [0, 0.05) is 48.4 Å². The Kier molecular flexibility index (Phi) is 10.8. The summed E-state index contributed by atoms with van der Waals surface area (Å²) in [7, 11) is 0. The summed E-state index contributed by atoms with van der Waals surface area (Å²) in [4.78, 5) is 2.28. The standard InChI is InChI=1S/C36H44FN5O2/c1-25-9-12-31(13-10-25)42-18-7-6-8-29(36(3,4)5)22-35(42)41-26(2)40-24-28-20-30(37)11-16-34(28)44-32-14-15-33(39-17-19-43)27(21-32)23-38/h8-16,20-23,38-41,43H,2,6-7,17-19,24H2,1,3-5H3/b29-8-,35-22-,38-23?. The van der Waals surface area contributed by atoms with Crippen molar-refractivity contribution >= 4 is 17.6 Å². The fourth-order valence-electron chi connectivity index (χ4n) is 4.92. The summed E-state index contributed by atoms with van der Waals surface area (Å²) in [5.74, 6) is 2.12. The summed E-state index contributed by atoms with van der Waals surface area (Å²) in [6.07, 6.45) is 7.75. The highest BCUT2D eigenvalue weighted by Gasteiger charge is 2.21. The minimum absolute atomic E-state index is 0.0164. The normalized spacial score (nSPS) is 16.0. The van der Waals surface area contributed by atoms with Crippen LogP contribution in [0.4, 0.5) is 15.8 Å². The third kappa shape index (κ3) is 8.74. The molecule has 0 radical (unpaired) electrons. The fraction of sp³-hybridized carbons (Fsp3) is 0.306. The number of hydrogen-bond acceptors (Lipinski definition) is 7. The van der Waals surface area contributed by atoms with E-state index in [1.165, 1.54) is 29.5 Å². The number of rotatable bonds is 12. The highest BCUT2D eigenvalue weighted by molar-refractivity contribution is 5.86. The summed E-state index contributed by atoms with van der Waals surface area (Å²) in [6, 6.07) is 18.2. The Hall–Kier alpha value is -4.56. The van der Waals surface area contributed by atoms with E-state index in [0.717, 1.165) is 36.6 Å². The molecular formula is C36H44FN5O2. The van der Waals surface area contributed by atoms with Gasteiger partial charge in [0.1, 0.15) is 23.1 Å². The minimum Gasteiger partial charge on any atom is -0.457 e. The van der Waals surface area contributed by atoms with E-state index in [4.69, 9.17) is 15.3 Å². The number of ether oxygens (including phenoxy) is 1. The predicted molar refractivity (Wildman–Crippen MR) is 179 cm³/mol. The lowest BCUT2D eigenvalue weighted by atomic mass is 9.85. The van der Waals surface area contributed by atoms with Gasteiger partial charge >= 0.3 is 0 Å². The van der Waals surface area contributed by atoms with Gasteiger partial charge in [0.2, 0.25) is 0 Å². The molecule has 0 aliphatic carbocycles. The molecule has 8 heteroatoms. The van der Waals surface area contributed by atoms with Crippen LogP contribution >= 0.6 is 0 Å². The molecule has 0 atom stereocenters. The van der Waals surface area contributed by atoms with Crippen LogP contribution in [0.2, 0.25) is 0 Å². The van der Waals surface area contributed by atoms with Gasteiger partial charge in [0.25, 0.3) is 0 Å². The van der Waals surface area contributed by atoms with E-state index >= 15 is 0 Å². The molecule has 3 aromatic rings. The van der Waals surface area contributed by atoms with Crippen LogP contribution in [0.1, 0.15) is 50.3 Å². The van der Waals surface area contributed by atoms with Crippen LogP contribution < -0.4 is 25.6 Å². The third-order valence-electron chi connectivity index (χ3n) is 7.37. The summed E-state index contributed by atoms with van der Waals surface area (Å²) < 4.78 is 20.5. The van der Waals surface area contributed by atoms with Crippen molar-refractivity contribution in [3.05, 3.63) is 119 Å². The lowest BCUT2D eigenvalue weighted by molar-refractivity contribution is 0.311. The van der Waals surface area contributed by atoms with E-state index in [9.17, 15) is 4.39 Å². The van der Waals surface area contributed by atoms with Gasteiger partial charge in [-0.15, -0.1) is 0 Å². The van der Waals surface area contributed by atoms with Crippen molar-refractivity contribution in [2.45, 2.75) is 47.1 Å². The van der Waals surface area contributed by atoms with Crippen LogP contribution in [-0.4, -0.2) is 31.0 Å². The maximum absolute atomic E-state index is 14.4. The van der Waals surface area contributed by atoms with Gasteiger partial charge in [0.05, 0.1) is 12.4 Å². The van der Waals surface area contributed by atoms with E-state index in [2.05, 4.69) is 91.5 Å². The SMILES string of the molecule is C=C(NCc1cc(F)ccc1Oc1ccc(NCCO)c(C=N)c1)N/C1=C/C(C(C)(C)C)=C/CCCN1c1ccc(C)cc1. The van der Waals surface area contributed by atoms with E-state index in [-0.39, 0.29) is 24.4 Å². The zero-order valence-electron chi connectivity index (χ0n) is 26.1. The molecule has 0 spiro atoms. The quantitative estimate of drug-likeness (QED) is 0.138. The molecule has 0 unspecified atom stereocenters. The summed E-state index contributed by atoms with van der Waals surface area (Å²) in [5.41, 5.74) is 5.46. The largest absolute Gasteiger partial charge is 0.457 e. The Morgan fingerprint density at radius 1 is 1.11 bits per heavy atom. The van der Waals surface area contributed by atoms with Crippen LogP contribution in [0.25, 0.3) is 0 Å². The van der Waals surface area contributed by atoms with E-state index in [0.29, 0.717) is 35.0 Å². The second kappa shape index (κ2) is 14.8. The highest BCUT2D eigenvalue weighted by atomic mass is 19.1. The van der Waals surface area contributed by atoms with Crippen LogP contribution in [0.15, 0.2) is 96.6 Å². The molecule has 1 aliphatic heterocycles. The number of nitrogens with zero attached hydrogens (tertiary/aromatic N) is 1. The second-order valence-electron chi connectivity index (χ2n) is 11.9. The first-order valence-electron chi connectivity index (χ1n) is 15.0. The molecular weight excluding hydrogens is 553 g/mol. The molecule has 44 heavy (non-hydrogen) atoms. The second-order valence-corrected chi connectivity index (χ2v) is 11.9. The zero-order valence-corrected chi connectivity index (χ0v) is 26.1. The number of aliphatic hydroxyl groups is 1. The molecule has 0 saturated carbocycles. The monoisotopic (exact) mass is 597 g/mol. The lowest BCUT2D eigenvalue weighted by Crippen LogP contribution is -2.36. The Labute approximate surface area is 260 Å². The van der Waals surface area contributed by atoms with Crippen molar-refractivity contribution in [1.29, 1.82) is 5.41 Å². The van der Waals surface area contributed by atoms with Crippen LogP contribution in [-0.2, 0) is 6.54 Å². The molecule has 0 saturated heterocycles. The van der Waals surface area contributed by atoms with Crippen LogP contribution in [0.3, 0.4) is 0 Å². The number of aryl methyl sites for hydroxylation is 1. The number of halogens is 1. The molecule has 4 rings (SSSR count). The van der Waals surface area contributed by atoms with Gasteiger partial charge in [-0.2, -0.15) is 0 Å². The molecule has 1 aliphatic rings. The smallest absolute Gasteiger partial charge is 0.132 e. The number of nitrogens with one attached hydrogen (secondary N) is 4. The maximum atomic E-state index is 14.4. The average molecular weight is 598 g/mol. The van der Waals surface area contributed by atoms with E-state index in [1.807, 2.05) is 0 Å². The predicted octanol–water partition coefficient (Wildman–Crippen LogP) is 7.59. The third-order valence-corrected chi connectivity index (χ3v) is 7.37. The first-order valence-corrected chi connectivity index (χ1v) is 15.0. The van der Waals surface area contributed by atoms with Crippen molar-refractivity contribution in [3.8, 4) is 11.5 Å². The number of hydrogen-bond donors (Lipinski definition) is 5. The van der Waals surface area contributed by atoms with Crippen molar-refractivity contribution in [1.82, 2.24) is 10.6 Å². The molecule has 5 N–H and O–H groups in total. The number of aliphatic hydroxyl groups excluding tert-OH is 1. The first kappa shape index (κ1) is 32.4. The number of anilines is 2. The topological polar surface area (TPSA) is 92.6 Å². The summed E-state index contributed by atoms with van der Waals surface area (Å²) >= 11 is 0. The molecule has 0 bridgehead atoms. The van der Waals surface area contributed by atoms with E-state index in [1.54, 1.807) is 24.3 Å². The lowest BCUT2D eigenvalue weighted by Gasteiger charge is -2.32. The number of benzene rings is 3. The van der Waals surface area contributed by atoms with Crippen LogP contribution in [0.5, 0.6) is 11.5 Å². The van der Waals surface area contributed by atoms with Gasteiger partial charge in [-0.25, -0.2) is 4.39 Å². The van der Waals surface area contributed by atoms with Gasteiger partial charge < -0.3 is 36.1 Å². The molecule has 3 aromatic carbocycles. The minimum atomic E-state index is -0.371. The van der Waals surface area contributed by atoms with E-state index < -0.39 is 0 Å². The molecule has 232 valence electrons. The van der Waals surface area contributed by atoms with Crippen molar-refractivity contribution in [2.24, 2.45) is 5.41 Å². The summed E-state index contributed by atoms with van der Waals surface area (Å²) in [6.45, 7) is 14.5. The first-order chi connectivity index (χ1) is 21.1. The molecule has 0 amide bonds. The Morgan fingerprint density at radius 2 is 1.89 bits per heavy atom. The van der Waals surface area contributed by atoms with Gasteiger partial charge in [-0.1, -0.05) is 51.1 Å². The van der Waals surface area contributed by atoms with Gasteiger partial charge in [-0.3, -0.25) is 0 Å². The van der Waals surface area contributed by atoms with Crippen molar-refractivity contribution in [2.75, 3.05) is 29.9 Å². The fourth-order valence-corrected chi connectivity index (χ4v) is 4.92. The average Bonchev–Trinajstić information content (AvgIpc) is 2.98. The molecule has 7 nitrogen and oxygen atoms in total. The Balaban J connectivity index is 1.54. The molecule has 0 fully saturated rings. The highest BCUT2D eigenvalue weighted by Crippen LogP contribution is 2.32. The van der Waals surface area contributed by atoms with Crippen LogP contribution in [0, 0.1) is 23.6 Å². The maximum Gasteiger partial charge on any atom is 0.132 e.